The molecule has 1 aromatic carbocycles. The SMILES string of the molecule is [B]N1CCC(=C(C(=O)N(N)C(=O)C(C)C)c2ccccc2)CC1. The Morgan fingerprint density at radius 1 is 1.17 bits per heavy atom. The van der Waals surface area contributed by atoms with E-state index in [1.165, 1.54) is 0 Å². The van der Waals surface area contributed by atoms with E-state index in [-0.39, 0.29) is 11.8 Å². The van der Waals surface area contributed by atoms with Gasteiger partial charge >= 0.3 is 0 Å². The largest absolute Gasteiger partial charge is 0.353 e. The van der Waals surface area contributed by atoms with Crippen LogP contribution in [0.2, 0.25) is 0 Å². The van der Waals surface area contributed by atoms with Gasteiger partial charge in [0.2, 0.25) is 5.91 Å². The van der Waals surface area contributed by atoms with Gasteiger partial charge in [-0.15, -0.1) is 0 Å². The first-order valence-electron chi connectivity index (χ1n) is 7.82. The summed E-state index contributed by atoms with van der Waals surface area (Å²) < 4.78 is 0. The minimum Gasteiger partial charge on any atom is -0.353 e. The van der Waals surface area contributed by atoms with Crippen LogP contribution >= 0.6 is 0 Å². The van der Waals surface area contributed by atoms with Crippen LogP contribution in [0.5, 0.6) is 0 Å². The lowest BCUT2D eigenvalue weighted by molar-refractivity contribution is -0.144. The molecule has 2 amide bonds. The lowest BCUT2D eigenvalue weighted by atomic mass is 9.91. The van der Waals surface area contributed by atoms with Gasteiger partial charge in [0.05, 0.1) is 0 Å². The molecule has 0 spiro atoms. The molecule has 1 aromatic rings. The van der Waals surface area contributed by atoms with Crippen molar-refractivity contribution in [3.05, 3.63) is 41.5 Å². The zero-order chi connectivity index (χ0) is 17.0. The maximum atomic E-state index is 12.8. The van der Waals surface area contributed by atoms with Crippen molar-refractivity contribution in [2.24, 2.45) is 11.8 Å². The highest BCUT2D eigenvalue weighted by Gasteiger charge is 2.27. The molecular weight excluding hydrogens is 289 g/mol. The van der Waals surface area contributed by atoms with Crippen molar-refractivity contribution in [1.82, 2.24) is 9.82 Å². The van der Waals surface area contributed by atoms with Gasteiger partial charge in [-0.25, -0.2) is 10.9 Å². The molecule has 0 unspecified atom stereocenters. The summed E-state index contributed by atoms with van der Waals surface area (Å²) in [5.41, 5.74) is 2.30. The van der Waals surface area contributed by atoms with Crippen molar-refractivity contribution in [3.8, 4) is 0 Å². The Hall–Kier alpha value is -1.92. The average molecular weight is 311 g/mol. The number of nitrogens with zero attached hydrogens (tertiary/aromatic N) is 2. The van der Waals surface area contributed by atoms with Gasteiger partial charge < -0.3 is 4.81 Å². The number of hydrazine groups is 1. The molecule has 23 heavy (non-hydrogen) atoms. The van der Waals surface area contributed by atoms with Crippen LogP contribution in [-0.4, -0.2) is 42.7 Å². The zero-order valence-corrected chi connectivity index (χ0v) is 13.7. The summed E-state index contributed by atoms with van der Waals surface area (Å²) in [6, 6.07) is 9.35. The summed E-state index contributed by atoms with van der Waals surface area (Å²) in [5, 5.41) is 0.745. The number of rotatable bonds is 3. The van der Waals surface area contributed by atoms with Gasteiger partial charge in [-0.2, -0.15) is 0 Å². The predicted molar refractivity (Wildman–Crippen MR) is 90.8 cm³/mol. The molecule has 2 rings (SSSR count). The molecule has 0 saturated carbocycles. The monoisotopic (exact) mass is 311 g/mol. The van der Waals surface area contributed by atoms with Crippen molar-refractivity contribution in [2.75, 3.05) is 13.1 Å². The maximum absolute atomic E-state index is 12.8. The Morgan fingerprint density at radius 2 is 1.74 bits per heavy atom. The molecule has 1 saturated heterocycles. The highest BCUT2D eigenvalue weighted by atomic mass is 16.2. The molecule has 5 nitrogen and oxygen atoms in total. The van der Waals surface area contributed by atoms with Gasteiger partial charge in [0.15, 0.2) is 7.98 Å². The minimum atomic E-state index is -0.449. The van der Waals surface area contributed by atoms with Crippen LogP contribution in [0.4, 0.5) is 0 Å². The molecule has 2 N–H and O–H groups in total. The maximum Gasteiger partial charge on any atom is 0.275 e. The normalized spacial score (nSPS) is 15.6. The number of benzene rings is 1. The fourth-order valence-electron chi connectivity index (χ4n) is 2.63. The number of carbonyl (C=O) groups is 2. The van der Waals surface area contributed by atoms with Crippen molar-refractivity contribution >= 4 is 25.4 Å². The van der Waals surface area contributed by atoms with Crippen LogP contribution in [0.15, 0.2) is 35.9 Å². The van der Waals surface area contributed by atoms with Crippen molar-refractivity contribution in [2.45, 2.75) is 26.7 Å². The van der Waals surface area contributed by atoms with Gasteiger partial charge in [-0.1, -0.05) is 49.8 Å². The number of carbonyl (C=O) groups excluding carboxylic acids is 2. The molecule has 1 heterocycles. The third-order valence-corrected chi connectivity index (χ3v) is 3.98. The number of hydrogen-bond donors (Lipinski definition) is 1. The van der Waals surface area contributed by atoms with E-state index >= 15 is 0 Å². The quantitative estimate of drug-likeness (QED) is 0.302. The number of piperidine rings is 1. The molecule has 0 bridgehead atoms. The average Bonchev–Trinajstić information content (AvgIpc) is 2.56. The van der Waals surface area contributed by atoms with E-state index in [1.54, 1.807) is 18.7 Å². The smallest absolute Gasteiger partial charge is 0.275 e. The highest BCUT2D eigenvalue weighted by Crippen LogP contribution is 2.28. The summed E-state index contributed by atoms with van der Waals surface area (Å²) in [6.45, 7) is 4.80. The molecule has 0 aliphatic carbocycles. The summed E-state index contributed by atoms with van der Waals surface area (Å²) in [7, 11) is 5.80. The first kappa shape index (κ1) is 17.4. The van der Waals surface area contributed by atoms with E-state index in [1.807, 2.05) is 30.3 Å². The van der Waals surface area contributed by atoms with Crippen LogP contribution in [0, 0.1) is 5.92 Å². The number of imide groups is 1. The lowest BCUT2D eigenvalue weighted by Gasteiger charge is -2.28. The van der Waals surface area contributed by atoms with E-state index in [0.717, 1.165) is 16.1 Å². The Kier molecular flexibility index (Phi) is 5.74. The summed E-state index contributed by atoms with van der Waals surface area (Å²) in [4.78, 5) is 26.7. The second-order valence-corrected chi connectivity index (χ2v) is 6.05. The molecular formula is C17H22BN3O2. The van der Waals surface area contributed by atoms with Crippen molar-refractivity contribution in [3.63, 3.8) is 0 Å². The number of amides is 2. The van der Waals surface area contributed by atoms with Crippen LogP contribution in [0.3, 0.4) is 0 Å². The van der Waals surface area contributed by atoms with Gasteiger partial charge in [0.1, 0.15) is 0 Å². The standard InChI is InChI=1S/C17H22BN3O2/c1-12(2)16(22)21(19)17(23)15(13-6-4-3-5-7-13)14-8-10-20(18)11-9-14/h3-7,12H,8-11,19H2,1-2H3. The first-order valence-corrected chi connectivity index (χ1v) is 7.82. The molecule has 0 atom stereocenters. The minimum absolute atomic E-state index is 0.336. The zero-order valence-electron chi connectivity index (χ0n) is 13.7. The number of hydrogen-bond acceptors (Lipinski definition) is 4. The topological polar surface area (TPSA) is 66.6 Å². The summed E-state index contributed by atoms with van der Waals surface area (Å²) in [5.74, 6) is 4.63. The van der Waals surface area contributed by atoms with Crippen LogP contribution < -0.4 is 5.84 Å². The molecule has 6 heteroatoms. The van der Waals surface area contributed by atoms with E-state index in [4.69, 9.17) is 13.8 Å². The summed E-state index contributed by atoms with van der Waals surface area (Å²) >= 11 is 0. The third-order valence-electron chi connectivity index (χ3n) is 3.98. The summed E-state index contributed by atoms with van der Waals surface area (Å²) in [6.07, 6.45) is 1.38. The highest BCUT2D eigenvalue weighted by molar-refractivity contribution is 6.24. The lowest BCUT2D eigenvalue weighted by Crippen LogP contribution is -2.45. The van der Waals surface area contributed by atoms with Gasteiger partial charge in [-0.3, -0.25) is 9.59 Å². The molecule has 1 aliphatic rings. The first-order chi connectivity index (χ1) is 10.9. The molecule has 1 fully saturated rings. The molecule has 2 radical (unpaired) electrons. The van der Waals surface area contributed by atoms with Gasteiger partial charge in [-0.05, 0) is 31.5 Å². The van der Waals surface area contributed by atoms with Crippen LogP contribution in [0.1, 0.15) is 32.3 Å². The second-order valence-electron chi connectivity index (χ2n) is 6.05. The molecule has 1 aliphatic heterocycles. The molecule has 0 aromatic heterocycles. The van der Waals surface area contributed by atoms with E-state index < -0.39 is 5.91 Å². The van der Waals surface area contributed by atoms with E-state index in [0.29, 0.717) is 31.5 Å². The Morgan fingerprint density at radius 3 is 2.26 bits per heavy atom. The Labute approximate surface area is 138 Å². The molecule has 120 valence electrons. The van der Waals surface area contributed by atoms with Crippen molar-refractivity contribution < 1.29 is 9.59 Å². The fraction of sp³-hybridized carbons (Fsp3) is 0.412. The van der Waals surface area contributed by atoms with Gasteiger partial charge in [0, 0.05) is 11.5 Å². The second kappa shape index (κ2) is 7.57. The fourth-order valence-corrected chi connectivity index (χ4v) is 2.63. The van der Waals surface area contributed by atoms with Crippen molar-refractivity contribution in [1.29, 1.82) is 0 Å². The Bertz CT molecular complexity index is 604. The van der Waals surface area contributed by atoms with E-state index in [9.17, 15) is 9.59 Å². The third kappa shape index (κ3) is 4.09. The number of nitrogens with two attached hydrogens (primary N) is 1. The van der Waals surface area contributed by atoms with Crippen LogP contribution in [-0.2, 0) is 9.59 Å². The Balaban J connectivity index is 2.41. The predicted octanol–water partition coefficient (Wildman–Crippen LogP) is 1.50. The van der Waals surface area contributed by atoms with Gasteiger partial charge in [0.25, 0.3) is 5.91 Å². The van der Waals surface area contributed by atoms with Crippen LogP contribution in [0.25, 0.3) is 5.57 Å². The van der Waals surface area contributed by atoms with E-state index in [2.05, 4.69) is 0 Å².